The maximum atomic E-state index is 10.9. The van der Waals surface area contributed by atoms with Crippen LogP contribution in [0.25, 0.3) is 22.9 Å². The zero-order chi connectivity index (χ0) is 17.8. The van der Waals surface area contributed by atoms with Crippen molar-refractivity contribution in [1.29, 1.82) is 5.26 Å². The van der Waals surface area contributed by atoms with E-state index in [1.807, 2.05) is 24.3 Å². The minimum atomic E-state index is -0.440. The monoisotopic (exact) mass is 411 g/mol. The molecule has 1 heterocycles. The summed E-state index contributed by atoms with van der Waals surface area (Å²) in [5, 5.41) is 22.7. The van der Waals surface area contributed by atoms with Gasteiger partial charge in [-0.15, -0.1) is 11.3 Å². The van der Waals surface area contributed by atoms with Crippen LogP contribution in [-0.4, -0.2) is 9.91 Å². The van der Waals surface area contributed by atoms with Crippen molar-refractivity contribution in [1.82, 2.24) is 4.98 Å². The Labute approximate surface area is 156 Å². The van der Waals surface area contributed by atoms with Gasteiger partial charge in [-0.3, -0.25) is 10.1 Å². The molecule has 0 N–H and O–H groups in total. The first-order valence-corrected chi connectivity index (χ1v) is 8.83. The van der Waals surface area contributed by atoms with Crippen LogP contribution in [0.3, 0.4) is 0 Å². The Morgan fingerprint density at radius 1 is 1.28 bits per heavy atom. The SMILES string of the molecule is N#C/C(=C/c1ccccc1Br)c1nc(-c2cccc([N+](=O)[O-])c2)cs1. The van der Waals surface area contributed by atoms with Gasteiger partial charge in [0.25, 0.3) is 5.69 Å². The van der Waals surface area contributed by atoms with Crippen molar-refractivity contribution < 1.29 is 4.92 Å². The molecule has 0 unspecified atom stereocenters. The number of aromatic nitrogens is 1. The first kappa shape index (κ1) is 17.0. The molecule has 0 amide bonds. The number of thiazole rings is 1. The smallest absolute Gasteiger partial charge is 0.258 e. The lowest BCUT2D eigenvalue weighted by Gasteiger charge is -1.99. The van der Waals surface area contributed by atoms with Crippen molar-refractivity contribution in [3.05, 3.63) is 79.1 Å². The number of nitro groups is 1. The van der Waals surface area contributed by atoms with Crippen molar-refractivity contribution in [2.24, 2.45) is 0 Å². The number of benzene rings is 2. The van der Waals surface area contributed by atoms with Crippen LogP contribution in [0.4, 0.5) is 5.69 Å². The van der Waals surface area contributed by atoms with Crippen LogP contribution in [0.5, 0.6) is 0 Å². The third-order valence-corrected chi connectivity index (χ3v) is 5.01. The van der Waals surface area contributed by atoms with E-state index in [-0.39, 0.29) is 5.69 Å². The first-order chi connectivity index (χ1) is 12.1. The molecule has 7 heteroatoms. The molecule has 122 valence electrons. The van der Waals surface area contributed by atoms with Gasteiger partial charge in [-0.2, -0.15) is 5.26 Å². The fourth-order valence-electron chi connectivity index (χ4n) is 2.20. The number of hydrogen-bond donors (Lipinski definition) is 0. The minimum absolute atomic E-state index is 0.0105. The van der Waals surface area contributed by atoms with Gasteiger partial charge in [0.2, 0.25) is 0 Å². The van der Waals surface area contributed by atoms with Crippen molar-refractivity contribution in [2.45, 2.75) is 0 Å². The van der Waals surface area contributed by atoms with E-state index in [2.05, 4.69) is 27.0 Å². The number of halogens is 1. The molecule has 0 spiro atoms. The maximum Gasteiger partial charge on any atom is 0.270 e. The van der Waals surface area contributed by atoms with Crippen LogP contribution in [0.15, 0.2) is 58.4 Å². The lowest BCUT2D eigenvalue weighted by molar-refractivity contribution is -0.384. The van der Waals surface area contributed by atoms with E-state index >= 15 is 0 Å². The van der Waals surface area contributed by atoms with Crippen LogP contribution in [0.2, 0.25) is 0 Å². The lowest BCUT2D eigenvalue weighted by atomic mass is 10.1. The molecular weight excluding hydrogens is 402 g/mol. The van der Waals surface area contributed by atoms with E-state index in [0.717, 1.165) is 10.0 Å². The van der Waals surface area contributed by atoms with Gasteiger partial charge in [0.05, 0.1) is 16.2 Å². The Morgan fingerprint density at radius 3 is 2.80 bits per heavy atom. The molecule has 0 aliphatic rings. The number of rotatable bonds is 4. The predicted molar refractivity (Wildman–Crippen MR) is 102 cm³/mol. The minimum Gasteiger partial charge on any atom is -0.258 e. The predicted octanol–water partition coefficient (Wildman–Crippen LogP) is 5.54. The molecule has 1 aromatic heterocycles. The second-order valence-corrected chi connectivity index (χ2v) is 6.75. The van der Waals surface area contributed by atoms with E-state index in [9.17, 15) is 15.4 Å². The van der Waals surface area contributed by atoms with E-state index < -0.39 is 4.92 Å². The molecule has 5 nitrogen and oxygen atoms in total. The Morgan fingerprint density at radius 2 is 2.08 bits per heavy atom. The average Bonchev–Trinajstić information content (AvgIpc) is 3.11. The molecule has 0 saturated heterocycles. The molecule has 0 radical (unpaired) electrons. The van der Waals surface area contributed by atoms with E-state index in [0.29, 0.717) is 21.8 Å². The van der Waals surface area contributed by atoms with Crippen molar-refractivity contribution in [2.75, 3.05) is 0 Å². The summed E-state index contributed by atoms with van der Waals surface area (Å²) in [5.74, 6) is 0. The molecule has 3 aromatic rings. The van der Waals surface area contributed by atoms with E-state index in [1.165, 1.54) is 23.5 Å². The zero-order valence-electron chi connectivity index (χ0n) is 12.7. The Hall–Kier alpha value is -2.82. The number of nitro benzene ring substituents is 1. The highest BCUT2D eigenvalue weighted by Gasteiger charge is 2.12. The Bertz CT molecular complexity index is 1020. The molecule has 0 aliphatic carbocycles. The van der Waals surface area contributed by atoms with E-state index in [4.69, 9.17) is 0 Å². The van der Waals surface area contributed by atoms with Gasteiger partial charge in [-0.25, -0.2) is 4.98 Å². The van der Waals surface area contributed by atoms with Crippen LogP contribution in [0, 0.1) is 21.4 Å². The molecule has 2 aromatic carbocycles. The van der Waals surface area contributed by atoms with Gasteiger partial charge in [-0.05, 0) is 17.7 Å². The van der Waals surface area contributed by atoms with Gasteiger partial charge >= 0.3 is 0 Å². The molecule has 0 aliphatic heterocycles. The molecule has 3 rings (SSSR count). The first-order valence-electron chi connectivity index (χ1n) is 7.15. The number of allylic oxidation sites excluding steroid dienone is 1. The average molecular weight is 412 g/mol. The fourth-order valence-corrected chi connectivity index (χ4v) is 3.39. The van der Waals surface area contributed by atoms with Gasteiger partial charge in [0.1, 0.15) is 11.1 Å². The second-order valence-electron chi connectivity index (χ2n) is 5.04. The number of nitriles is 1. The molecule has 25 heavy (non-hydrogen) atoms. The summed E-state index contributed by atoms with van der Waals surface area (Å²) in [5.41, 5.74) is 2.59. The van der Waals surface area contributed by atoms with Gasteiger partial charge in [-0.1, -0.05) is 46.3 Å². The second kappa shape index (κ2) is 7.38. The summed E-state index contributed by atoms with van der Waals surface area (Å²) in [4.78, 5) is 14.9. The summed E-state index contributed by atoms with van der Waals surface area (Å²) in [7, 11) is 0. The summed E-state index contributed by atoms with van der Waals surface area (Å²) >= 11 is 4.78. The van der Waals surface area contributed by atoms with Gasteiger partial charge < -0.3 is 0 Å². The zero-order valence-corrected chi connectivity index (χ0v) is 15.1. The molecule has 0 fully saturated rings. The topological polar surface area (TPSA) is 79.8 Å². The van der Waals surface area contributed by atoms with Crippen LogP contribution in [0.1, 0.15) is 10.6 Å². The highest BCUT2D eigenvalue weighted by atomic mass is 79.9. The number of non-ortho nitro benzene ring substituents is 1. The molecule has 0 bridgehead atoms. The molecule has 0 atom stereocenters. The van der Waals surface area contributed by atoms with Crippen LogP contribution >= 0.6 is 27.3 Å². The maximum absolute atomic E-state index is 10.9. The normalized spacial score (nSPS) is 11.1. The summed E-state index contributed by atoms with van der Waals surface area (Å²) < 4.78 is 0.887. The Kier molecular flexibility index (Phi) is 5.03. The number of nitrogens with zero attached hydrogens (tertiary/aromatic N) is 3. The standard InChI is InChI=1S/C18H10BrN3O2S/c19-16-7-2-1-4-12(16)8-14(10-20)18-21-17(11-25-18)13-5-3-6-15(9-13)22(23)24/h1-9,11H/b14-8-. The van der Waals surface area contributed by atoms with Crippen molar-refractivity contribution in [3.8, 4) is 17.3 Å². The highest BCUT2D eigenvalue weighted by Crippen LogP contribution is 2.30. The van der Waals surface area contributed by atoms with Crippen molar-refractivity contribution in [3.63, 3.8) is 0 Å². The summed E-state index contributed by atoms with van der Waals surface area (Å²) in [6.07, 6.45) is 1.76. The molecular formula is C18H10BrN3O2S. The lowest BCUT2D eigenvalue weighted by Crippen LogP contribution is -1.88. The van der Waals surface area contributed by atoms with Crippen LogP contribution in [-0.2, 0) is 0 Å². The third-order valence-electron chi connectivity index (χ3n) is 3.41. The van der Waals surface area contributed by atoms with Gasteiger partial charge in [0.15, 0.2) is 0 Å². The van der Waals surface area contributed by atoms with Crippen LogP contribution < -0.4 is 0 Å². The summed E-state index contributed by atoms with van der Waals surface area (Å²) in [6.45, 7) is 0. The Balaban J connectivity index is 1.98. The highest BCUT2D eigenvalue weighted by molar-refractivity contribution is 9.10. The molecule has 0 saturated carbocycles. The van der Waals surface area contributed by atoms with Gasteiger partial charge in [0, 0.05) is 27.5 Å². The quantitative estimate of drug-likeness (QED) is 0.320. The van der Waals surface area contributed by atoms with E-state index in [1.54, 1.807) is 23.6 Å². The summed E-state index contributed by atoms with van der Waals surface area (Å²) in [6, 6.07) is 16.0. The largest absolute Gasteiger partial charge is 0.270 e. The van der Waals surface area contributed by atoms with Crippen molar-refractivity contribution >= 4 is 44.6 Å². The third kappa shape index (κ3) is 3.82. The number of hydrogen-bond acceptors (Lipinski definition) is 5. The fraction of sp³-hybridized carbons (Fsp3) is 0.